The van der Waals surface area contributed by atoms with E-state index >= 15 is 0 Å². The Morgan fingerprint density at radius 2 is 1.93 bits per heavy atom. The molecule has 0 spiro atoms. The number of piperidine rings is 1. The van der Waals surface area contributed by atoms with Crippen LogP contribution in [0.1, 0.15) is 57.2 Å². The van der Waals surface area contributed by atoms with Crippen LogP contribution >= 0.6 is 11.3 Å². The molecule has 1 unspecified atom stereocenters. The van der Waals surface area contributed by atoms with E-state index in [4.69, 9.17) is 4.74 Å². The van der Waals surface area contributed by atoms with Crippen LogP contribution in [0, 0.1) is 13.8 Å². The molecule has 1 aliphatic rings. The van der Waals surface area contributed by atoms with Gasteiger partial charge < -0.3 is 9.64 Å². The van der Waals surface area contributed by atoms with Crippen LogP contribution in [-0.2, 0) is 6.61 Å². The molecule has 0 bridgehead atoms. The summed E-state index contributed by atoms with van der Waals surface area (Å²) in [6, 6.07) is 18.8. The molecule has 1 saturated heterocycles. The number of carbonyl (C=O) groups excluding carboxylic acids is 1. The van der Waals surface area contributed by atoms with E-state index in [0.29, 0.717) is 6.61 Å². The van der Waals surface area contributed by atoms with Crippen LogP contribution in [0.15, 0.2) is 60.0 Å². The molecule has 3 aromatic rings. The third-order valence-corrected chi connectivity index (χ3v) is 6.50. The molecule has 0 aliphatic carbocycles. The molecular formula is C25H27NO2S. The Labute approximate surface area is 176 Å². The van der Waals surface area contributed by atoms with E-state index in [0.717, 1.165) is 41.1 Å². The zero-order valence-corrected chi connectivity index (χ0v) is 17.9. The zero-order chi connectivity index (χ0) is 20.2. The first-order valence-electron chi connectivity index (χ1n) is 10.3. The number of rotatable bonds is 5. The highest BCUT2D eigenvalue weighted by molar-refractivity contribution is 7.12. The largest absolute Gasteiger partial charge is 0.489 e. The van der Waals surface area contributed by atoms with Crippen molar-refractivity contribution in [2.75, 3.05) is 6.54 Å². The molecule has 1 atom stereocenters. The van der Waals surface area contributed by atoms with Crippen molar-refractivity contribution >= 4 is 17.2 Å². The van der Waals surface area contributed by atoms with Crippen LogP contribution in [0.2, 0.25) is 0 Å². The van der Waals surface area contributed by atoms with E-state index in [1.807, 2.05) is 23.6 Å². The van der Waals surface area contributed by atoms with Gasteiger partial charge in [0.2, 0.25) is 0 Å². The standard InChI is InChI=1S/C25H27NO2S/c1-18-11-12-23(19(2)14-18)28-16-20-15-24(29-17-20)25(27)26-13-7-6-10-22(26)21-8-4-3-5-9-21/h3-5,8-9,11-12,14-15,17,22H,6-7,10,13,16H2,1-2H3. The number of benzene rings is 2. The van der Waals surface area contributed by atoms with Crippen molar-refractivity contribution in [3.63, 3.8) is 0 Å². The molecule has 0 saturated carbocycles. The molecule has 1 aliphatic heterocycles. The molecular weight excluding hydrogens is 378 g/mol. The van der Waals surface area contributed by atoms with Gasteiger partial charge in [-0.1, -0.05) is 48.0 Å². The van der Waals surface area contributed by atoms with Crippen LogP contribution < -0.4 is 4.74 Å². The number of aryl methyl sites for hydroxylation is 2. The highest BCUT2D eigenvalue weighted by atomic mass is 32.1. The average molecular weight is 406 g/mol. The summed E-state index contributed by atoms with van der Waals surface area (Å²) in [7, 11) is 0. The fourth-order valence-corrected chi connectivity index (χ4v) is 4.88. The van der Waals surface area contributed by atoms with E-state index in [1.54, 1.807) is 0 Å². The number of ether oxygens (including phenoxy) is 1. The molecule has 0 radical (unpaired) electrons. The lowest BCUT2D eigenvalue weighted by atomic mass is 9.95. The maximum atomic E-state index is 13.3. The molecule has 2 aromatic carbocycles. The van der Waals surface area contributed by atoms with Crippen LogP contribution in [0.3, 0.4) is 0 Å². The Morgan fingerprint density at radius 3 is 2.72 bits per heavy atom. The normalized spacial score (nSPS) is 16.6. The Kier molecular flexibility index (Phi) is 6.00. The number of amides is 1. The van der Waals surface area contributed by atoms with Gasteiger partial charge in [-0.05, 0) is 61.7 Å². The van der Waals surface area contributed by atoms with E-state index in [1.165, 1.54) is 28.9 Å². The molecule has 4 heteroatoms. The van der Waals surface area contributed by atoms with Gasteiger partial charge in [0.05, 0.1) is 10.9 Å². The smallest absolute Gasteiger partial charge is 0.264 e. The zero-order valence-electron chi connectivity index (χ0n) is 17.1. The number of hydrogen-bond acceptors (Lipinski definition) is 3. The topological polar surface area (TPSA) is 29.5 Å². The van der Waals surface area contributed by atoms with Crippen molar-refractivity contribution in [3.8, 4) is 5.75 Å². The Morgan fingerprint density at radius 1 is 1.10 bits per heavy atom. The van der Waals surface area contributed by atoms with Crippen molar-refractivity contribution in [2.24, 2.45) is 0 Å². The van der Waals surface area contributed by atoms with Gasteiger partial charge in [-0.2, -0.15) is 0 Å². The van der Waals surface area contributed by atoms with Crippen molar-refractivity contribution in [3.05, 3.63) is 87.1 Å². The van der Waals surface area contributed by atoms with Crippen LogP contribution in [0.5, 0.6) is 5.75 Å². The number of likely N-dealkylation sites (tertiary alicyclic amines) is 1. The van der Waals surface area contributed by atoms with E-state index in [9.17, 15) is 4.79 Å². The highest BCUT2D eigenvalue weighted by Crippen LogP contribution is 2.33. The summed E-state index contributed by atoms with van der Waals surface area (Å²) in [4.78, 5) is 16.1. The number of carbonyl (C=O) groups is 1. The van der Waals surface area contributed by atoms with Gasteiger partial charge in [0.1, 0.15) is 12.4 Å². The fraction of sp³-hybridized carbons (Fsp3) is 0.320. The lowest BCUT2D eigenvalue weighted by Gasteiger charge is -2.36. The Balaban J connectivity index is 1.46. The second-order valence-electron chi connectivity index (χ2n) is 7.80. The maximum Gasteiger partial charge on any atom is 0.264 e. The van der Waals surface area contributed by atoms with Crippen molar-refractivity contribution in [1.82, 2.24) is 4.90 Å². The maximum absolute atomic E-state index is 13.3. The summed E-state index contributed by atoms with van der Waals surface area (Å²) >= 11 is 1.52. The minimum absolute atomic E-state index is 0.140. The van der Waals surface area contributed by atoms with Gasteiger partial charge in [-0.3, -0.25) is 4.79 Å². The monoisotopic (exact) mass is 405 g/mol. The van der Waals surface area contributed by atoms with Gasteiger partial charge in [-0.15, -0.1) is 11.3 Å². The van der Waals surface area contributed by atoms with Crippen LogP contribution in [0.4, 0.5) is 0 Å². The summed E-state index contributed by atoms with van der Waals surface area (Å²) in [6.45, 7) is 5.45. The molecule has 1 aromatic heterocycles. The van der Waals surface area contributed by atoms with Gasteiger partial charge in [0.15, 0.2) is 0 Å². The Bertz CT molecular complexity index is 979. The van der Waals surface area contributed by atoms with Gasteiger partial charge in [-0.25, -0.2) is 0 Å². The Hall–Kier alpha value is -2.59. The van der Waals surface area contributed by atoms with Gasteiger partial charge in [0.25, 0.3) is 5.91 Å². The number of nitrogens with zero attached hydrogens (tertiary/aromatic N) is 1. The van der Waals surface area contributed by atoms with E-state index in [2.05, 4.69) is 55.1 Å². The first-order chi connectivity index (χ1) is 14.1. The predicted molar refractivity (Wildman–Crippen MR) is 119 cm³/mol. The van der Waals surface area contributed by atoms with Crippen LogP contribution in [0.25, 0.3) is 0 Å². The SMILES string of the molecule is Cc1ccc(OCc2csc(C(=O)N3CCCCC3c3ccccc3)c2)c(C)c1. The van der Waals surface area contributed by atoms with Gasteiger partial charge >= 0.3 is 0 Å². The van der Waals surface area contributed by atoms with Gasteiger partial charge in [0, 0.05) is 12.1 Å². The summed E-state index contributed by atoms with van der Waals surface area (Å²) in [5.74, 6) is 1.04. The second-order valence-corrected chi connectivity index (χ2v) is 8.71. The van der Waals surface area contributed by atoms with Crippen LogP contribution in [-0.4, -0.2) is 17.4 Å². The quantitative estimate of drug-likeness (QED) is 0.498. The number of hydrogen-bond donors (Lipinski definition) is 0. The molecule has 3 nitrogen and oxygen atoms in total. The summed E-state index contributed by atoms with van der Waals surface area (Å²) in [6.07, 6.45) is 3.27. The molecule has 0 N–H and O–H groups in total. The summed E-state index contributed by atoms with van der Waals surface area (Å²) < 4.78 is 5.99. The van der Waals surface area contributed by atoms with Crippen molar-refractivity contribution in [1.29, 1.82) is 0 Å². The average Bonchev–Trinajstić information content (AvgIpc) is 3.22. The lowest BCUT2D eigenvalue weighted by molar-refractivity contribution is 0.0616. The highest BCUT2D eigenvalue weighted by Gasteiger charge is 2.29. The van der Waals surface area contributed by atoms with E-state index < -0.39 is 0 Å². The fourth-order valence-electron chi connectivity index (χ4n) is 4.02. The molecule has 2 heterocycles. The molecule has 29 heavy (non-hydrogen) atoms. The van der Waals surface area contributed by atoms with Crippen molar-refractivity contribution in [2.45, 2.75) is 45.8 Å². The third kappa shape index (κ3) is 4.54. The molecule has 4 rings (SSSR count). The summed E-state index contributed by atoms with van der Waals surface area (Å²) in [5.41, 5.74) is 4.64. The molecule has 150 valence electrons. The lowest BCUT2D eigenvalue weighted by Crippen LogP contribution is -2.38. The minimum atomic E-state index is 0.140. The number of thiophene rings is 1. The first kappa shape index (κ1) is 19.7. The third-order valence-electron chi connectivity index (χ3n) is 5.54. The summed E-state index contributed by atoms with van der Waals surface area (Å²) in [5, 5.41) is 2.04. The second kappa shape index (κ2) is 8.83. The molecule has 1 amide bonds. The molecule has 1 fully saturated rings. The van der Waals surface area contributed by atoms with E-state index in [-0.39, 0.29) is 11.9 Å². The predicted octanol–water partition coefficient (Wildman–Crippen LogP) is 6.31. The minimum Gasteiger partial charge on any atom is -0.489 e. The van der Waals surface area contributed by atoms with Crippen molar-refractivity contribution < 1.29 is 9.53 Å². The first-order valence-corrected chi connectivity index (χ1v) is 11.1.